The third-order valence-electron chi connectivity index (χ3n) is 10.5. The number of halogens is 1. The third-order valence-corrected chi connectivity index (χ3v) is 10.5. The molecule has 0 N–H and O–H groups in total. The Kier molecular flexibility index (Phi) is 8.28. The highest BCUT2D eigenvalue weighted by Crippen LogP contribution is 2.52. The predicted molar refractivity (Wildman–Crippen MR) is 212 cm³/mol. The molecule has 1 unspecified atom stereocenters. The van der Waals surface area contributed by atoms with Crippen LogP contribution in [0.4, 0.5) is 32.8 Å². The molecule has 0 spiro atoms. The van der Waals surface area contributed by atoms with Crippen LogP contribution in [0.2, 0.25) is 0 Å². The second-order valence-corrected chi connectivity index (χ2v) is 14.1. The van der Waals surface area contributed by atoms with Crippen molar-refractivity contribution in [2.24, 2.45) is 0 Å². The van der Waals surface area contributed by atoms with Gasteiger partial charge in [0.05, 0.1) is 0 Å². The molecule has 2 nitrogen and oxygen atoms in total. The Morgan fingerprint density at radius 1 is 0.471 bits per heavy atom. The topological polar surface area (TPSA) is 6.48 Å². The Morgan fingerprint density at radius 3 is 1.53 bits per heavy atom. The van der Waals surface area contributed by atoms with E-state index in [0.717, 1.165) is 28.4 Å². The Balaban J connectivity index is 1.17. The van der Waals surface area contributed by atoms with E-state index in [4.69, 9.17) is 0 Å². The van der Waals surface area contributed by atoms with Gasteiger partial charge in [0.2, 0.25) is 0 Å². The Morgan fingerprint density at radius 2 is 0.922 bits per heavy atom. The third kappa shape index (κ3) is 5.99. The van der Waals surface area contributed by atoms with Gasteiger partial charge in [0.1, 0.15) is 5.82 Å². The summed E-state index contributed by atoms with van der Waals surface area (Å²) in [4.78, 5) is 4.48. The Labute approximate surface area is 301 Å². The molecule has 0 aromatic heterocycles. The van der Waals surface area contributed by atoms with Crippen LogP contribution in [-0.4, -0.2) is 7.05 Å². The highest BCUT2D eigenvalue weighted by Gasteiger charge is 2.36. The van der Waals surface area contributed by atoms with Crippen LogP contribution < -0.4 is 9.80 Å². The lowest BCUT2D eigenvalue weighted by molar-refractivity contribution is 0.628. The van der Waals surface area contributed by atoms with Crippen molar-refractivity contribution in [1.29, 1.82) is 0 Å². The van der Waals surface area contributed by atoms with Crippen molar-refractivity contribution in [2.45, 2.75) is 32.1 Å². The lowest BCUT2D eigenvalue weighted by Gasteiger charge is -2.29. The van der Waals surface area contributed by atoms with Crippen LogP contribution in [-0.2, 0) is 5.41 Å². The maximum absolute atomic E-state index is 13.7. The van der Waals surface area contributed by atoms with Crippen molar-refractivity contribution < 1.29 is 4.39 Å². The SMILES string of the molecule is Cc1ccc(C(c2ccccc2)c2ccc(N(c3ccccc3)c3ccc4c(c3)C(C)(C)c3cc(N(C)c5ccc(F)cc5)ccc3-4)cc2)cc1. The molecule has 0 saturated heterocycles. The number of anilines is 5. The van der Waals surface area contributed by atoms with Gasteiger partial charge >= 0.3 is 0 Å². The van der Waals surface area contributed by atoms with E-state index < -0.39 is 0 Å². The molecule has 8 rings (SSSR count). The molecular formula is C48H41FN2. The largest absolute Gasteiger partial charge is 0.345 e. The first-order valence-corrected chi connectivity index (χ1v) is 17.6. The first-order valence-electron chi connectivity index (χ1n) is 17.6. The maximum atomic E-state index is 13.7. The number of hydrogen-bond donors (Lipinski definition) is 0. The monoisotopic (exact) mass is 664 g/mol. The fourth-order valence-electron chi connectivity index (χ4n) is 7.70. The van der Waals surface area contributed by atoms with Crippen LogP contribution in [0.5, 0.6) is 0 Å². The summed E-state index contributed by atoms with van der Waals surface area (Å²) in [6, 6.07) is 59.7. The first kappa shape index (κ1) is 32.3. The van der Waals surface area contributed by atoms with E-state index in [2.05, 4.69) is 176 Å². The second-order valence-electron chi connectivity index (χ2n) is 14.1. The van der Waals surface area contributed by atoms with E-state index in [1.807, 2.05) is 19.2 Å². The number of para-hydroxylation sites is 1. The van der Waals surface area contributed by atoms with Crippen molar-refractivity contribution in [1.82, 2.24) is 0 Å². The molecular weight excluding hydrogens is 624 g/mol. The van der Waals surface area contributed by atoms with Gasteiger partial charge in [-0.05, 0) is 119 Å². The molecule has 0 saturated carbocycles. The highest BCUT2D eigenvalue weighted by atomic mass is 19.1. The van der Waals surface area contributed by atoms with Gasteiger partial charge in [-0.1, -0.05) is 116 Å². The van der Waals surface area contributed by atoms with Gasteiger partial charge in [0.25, 0.3) is 0 Å². The number of fused-ring (bicyclic) bond motifs is 3. The molecule has 1 aliphatic rings. The van der Waals surface area contributed by atoms with Gasteiger partial charge in [-0.2, -0.15) is 0 Å². The van der Waals surface area contributed by atoms with Gasteiger partial charge in [0, 0.05) is 46.8 Å². The minimum absolute atomic E-state index is 0.136. The lowest BCUT2D eigenvalue weighted by atomic mass is 9.82. The summed E-state index contributed by atoms with van der Waals surface area (Å²) in [5.74, 6) is -0.0927. The molecule has 0 fully saturated rings. The molecule has 7 aromatic carbocycles. The van der Waals surface area contributed by atoms with Crippen molar-refractivity contribution in [2.75, 3.05) is 16.8 Å². The number of rotatable bonds is 8. The molecule has 1 aliphatic carbocycles. The number of nitrogens with zero attached hydrogens (tertiary/aromatic N) is 2. The molecule has 3 heteroatoms. The standard InChI is InChI=1S/C48H41FN2/c1-33-15-17-35(18-16-33)47(34-11-7-5-8-12-34)36-19-23-40(24-20-36)51(39-13-9-6-10-14-39)42-28-30-44-43-29-27-41(31-45(43)48(2,3)46(44)32-42)50(4)38-25-21-37(49)22-26-38/h5-32,47H,1-4H3. The van der Waals surface area contributed by atoms with E-state index in [1.165, 1.54) is 56.6 Å². The van der Waals surface area contributed by atoms with Gasteiger partial charge in [0.15, 0.2) is 0 Å². The Hall–Kier alpha value is -5.93. The zero-order chi connectivity index (χ0) is 35.1. The highest BCUT2D eigenvalue weighted by molar-refractivity contribution is 5.87. The average Bonchev–Trinajstić information content (AvgIpc) is 3.39. The van der Waals surface area contributed by atoms with Gasteiger partial charge in [-0.25, -0.2) is 4.39 Å². The second kappa shape index (κ2) is 13.1. The van der Waals surface area contributed by atoms with E-state index in [1.54, 1.807) is 0 Å². The normalized spacial score (nSPS) is 13.3. The van der Waals surface area contributed by atoms with Crippen molar-refractivity contribution in [3.63, 3.8) is 0 Å². The van der Waals surface area contributed by atoms with Gasteiger partial charge in [-0.3, -0.25) is 0 Å². The molecule has 0 radical (unpaired) electrons. The zero-order valence-corrected chi connectivity index (χ0v) is 29.5. The summed E-state index contributed by atoms with van der Waals surface area (Å²) >= 11 is 0. The summed E-state index contributed by atoms with van der Waals surface area (Å²) in [6.45, 7) is 6.78. The molecule has 0 aliphatic heterocycles. The van der Waals surface area contributed by atoms with Crippen LogP contribution in [0.15, 0.2) is 170 Å². The summed E-state index contributed by atoms with van der Waals surface area (Å²) in [5, 5.41) is 0. The average molecular weight is 665 g/mol. The van der Waals surface area contributed by atoms with Crippen LogP contribution in [0.25, 0.3) is 11.1 Å². The van der Waals surface area contributed by atoms with Gasteiger partial charge in [-0.15, -0.1) is 0 Å². The first-order chi connectivity index (χ1) is 24.8. The van der Waals surface area contributed by atoms with Crippen molar-refractivity contribution in [3.8, 4) is 11.1 Å². The summed E-state index contributed by atoms with van der Waals surface area (Å²) in [5.41, 5.74) is 15.4. The summed E-state index contributed by atoms with van der Waals surface area (Å²) < 4.78 is 13.7. The van der Waals surface area contributed by atoms with Crippen LogP contribution in [0, 0.1) is 12.7 Å². The van der Waals surface area contributed by atoms with Crippen LogP contribution >= 0.6 is 0 Å². The zero-order valence-electron chi connectivity index (χ0n) is 29.5. The predicted octanol–water partition coefficient (Wildman–Crippen LogP) is 12.9. The van der Waals surface area contributed by atoms with E-state index in [0.29, 0.717) is 0 Å². The van der Waals surface area contributed by atoms with E-state index in [-0.39, 0.29) is 17.2 Å². The van der Waals surface area contributed by atoms with Crippen LogP contribution in [0.3, 0.4) is 0 Å². The smallest absolute Gasteiger partial charge is 0.123 e. The lowest BCUT2D eigenvalue weighted by Crippen LogP contribution is -2.17. The van der Waals surface area contributed by atoms with Crippen molar-refractivity contribution >= 4 is 28.4 Å². The summed E-state index contributed by atoms with van der Waals surface area (Å²) in [7, 11) is 2.04. The van der Waals surface area contributed by atoms with E-state index in [9.17, 15) is 4.39 Å². The molecule has 0 heterocycles. The number of aryl methyl sites for hydroxylation is 1. The minimum Gasteiger partial charge on any atom is -0.345 e. The van der Waals surface area contributed by atoms with Crippen LogP contribution in [0.1, 0.15) is 53.1 Å². The minimum atomic E-state index is -0.229. The number of hydrogen-bond acceptors (Lipinski definition) is 2. The molecule has 250 valence electrons. The molecule has 0 bridgehead atoms. The fourth-order valence-corrected chi connectivity index (χ4v) is 7.70. The molecule has 1 atom stereocenters. The Bertz CT molecular complexity index is 2290. The number of benzene rings is 7. The molecule has 0 amide bonds. The van der Waals surface area contributed by atoms with Gasteiger partial charge < -0.3 is 9.80 Å². The summed E-state index contributed by atoms with van der Waals surface area (Å²) in [6.07, 6.45) is 0. The van der Waals surface area contributed by atoms with Crippen molar-refractivity contribution in [3.05, 3.63) is 209 Å². The quantitative estimate of drug-likeness (QED) is 0.149. The molecule has 51 heavy (non-hydrogen) atoms. The maximum Gasteiger partial charge on any atom is 0.123 e. The van der Waals surface area contributed by atoms with E-state index >= 15 is 0 Å². The molecule has 7 aromatic rings. The fraction of sp³-hybridized carbons (Fsp3) is 0.125.